The second-order valence-corrected chi connectivity index (χ2v) is 5.16. The Morgan fingerprint density at radius 2 is 2.00 bits per heavy atom. The maximum atomic E-state index is 12.5. The van der Waals surface area contributed by atoms with E-state index >= 15 is 0 Å². The van der Waals surface area contributed by atoms with Gasteiger partial charge in [0, 0.05) is 0 Å². The minimum Gasteiger partial charge on any atom is -0.468 e. The summed E-state index contributed by atoms with van der Waals surface area (Å²) in [5, 5.41) is 0. The van der Waals surface area contributed by atoms with E-state index in [0.717, 1.165) is 19.3 Å². The van der Waals surface area contributed by atoms with Crippen molar-refractivity contribution in [3.8, 4) is 0 Å². The van der Waals surface area contributed by atoms with Crippen molar-refractivity contribution < 1.29 is 19.1 Å². The molecule has 0 fully saturated rings. The lowest BCUT2D eigenvalue weighted by Gasteiger charge is -2.18. The van der Waals surface area contributed by atoms with Crippen molar-refractivity contribution in [1.82, 2.24) is 0 Å². The third-order valence-electron chi connectivity index (χ3n) is 3.24. The van der Waals surface area contributed by atoms with Crippen molar-refractivity contribution in [2.75, 3.05) is 7.11 Å². The van der Waals surface area contributed by atoms with Gasteiger partial charge in [-0.25, -0.2) is 0 Å². The summed E-state index contributed by atoms with van der Waals surface area (Å²) in [7, 11) is 1.39. The summed E-state index contributed by atoms with van der Waals surface area (Å²) >= 11 is 0. The average molecular weight is 304 g/mol. The molecule has 0 radical (unpaired) electrons. The van der Waals surface area contributed by atoms with E-state index in [0.29, 0.717) is 0 Å². The smallest absolute Gasteiger partial charge is 0.295 e. The van der Waals surface area contributed by atoms with E-state index in [-0.39, 0.29) is 23.1 Å². The third kappa shape index (κ3) is 4.20. The van der Waals surface area contributed by atoms with Gasteiger partial charge < -0.3 is 9.47 Å². The van der Waals surface area contributed by atoms with E-state index in [1.807, 2.05) is 26.0 Å². The van der Waals surface area contributed by atoms with Gasteiger partial charge in [0.2, 0.25) is 5.78 Å². The molecule has 1 aliphatic heterocycles. The topological polar surface area (TPSA) is 52.6 Å². The third-order valence-corrected chi connectivity index (χ3v) is 3.24. The fourth-order valence-electron chi connectivity index (χ4n) is 1.99. The summed E-state index contributed by atoms with van der Waals surface area (Å²) in [5.41, 5.74) is -1.23. The van der Waals surface area contributed by atoms with Crippen molar-refractivity contribution in [3.05, 3.63) is 48.0 Å². The molecular formula is C18H24O4. The lowest BCUT2D eigenvalue weighted by molar-refractivity contribution is -0.128. The van der Waals surface area contributed by atoms with E-state index in [2.05, 4.69) is 0 Å². The van der Waals surface area contributed by atoms with Crippen LogP contribution in [0.25, 0.3) is 0 Å². The van der Waals surface area contributed by atoms with Crippen LogP contribution in [0.2, 0.25) is 0 Å². The fraction of sp³-hybridized carbons (Fsp3) is 0.444. The Bertz CT molecular complexity index is 537. The molecule has 4 heteroatoms. The molecule has 0 spiro atoms. The Morgan fingerprint density at radius 3 is 2.59 bits per heavy atom. The number of methoxy groups -OCH3 is 1. The van der Waals surface area contributed by atoms with E-state index < -0.39 is 5.60 Å². The van der Waals surface area contributed by atoms with Crippen molar-refractivity contribution in [1.29, 1.82) is 0 Å². The highest BCUT2D eigenvalue weighted by molar-refractivity contribution is 6.28. The number of rotatable bonds is 8. The molecule has 1 rings (SSSR count). The number of carbonyl (C=O) groups is 2. The maximum Gasteiger partial charge on any atom is 0.295 e. The molecule has 4 nitrogen and oxygen atoms in total. The summed E-state index contributed by atoms with van der Waals surface area (Å²) in [6.07, 6.45) is 13.0. The van der Waals surface area contributed by atoms with Crippen LogP contribution in [0.4, 0.5) is 0 Å². The van der Waals surface area contributed by atoms with E-state index in [1.54, 1.807) is 25.2 Å². The Labute approximate surface area is 132 Å². The summed E-state index contributed by atoms with van der Waals surface area (Å²) in [6, 6.07) is 0. The highest BCUT2D eigenvalue weighted by Gasteiger charge is 2.47. The van der Waals surface area contributed by atoms with Gasteiger partial charge >= 0.3 is 0 Å². The van der Waals surface area contributed by atoms with E-state index in [9.17, 15) is 9.59 Å². The van der Waals surface area contributed by atoms with Crippen molar-refractivity contribution >= 4 is 11.6 Å². The van der Waals surface area contributed by atoms with E-state index in [4.69, 9.17) is 9.47 Å². The summed E-state index contributed by atoms with van der Waals surface area (Å²) < 4.78 is 10.6. The quantitative estimate of drug-likeness (QED) is 0.390. The van der Waals surface area contributed by atoms with Gasteiger partial charge in [-0.3, -0.25) is 9.59 Å². The molecular weight excluding hydrogens is 280 g/mol. The standard InChI is InChI=1S/C18H24O4/c1-5-7-9-11-13-18(3)16(20)15(17(21-4)22-18)14(19)12-10-8-6-2/h7,9-13H,5-6,8H2,1-4H3/b9-7+,12-10+,13-11+/t18-/m1/s1. The Hall–Kier alpha value is -2.10. The van der Waals surface area contributed by atoms with Gasteiger partial charge in [-0.05, 0) is 31.9 Å². The van der Waals surface area contributed by atoms with Crippen LogP contribution in [-0.2, 0) is 19.1 Å². The molecule has 0 aliphatic carbocycles. The van der Waals surface area contributed by atoms with Crippen molar-refractivity contribution in [3.63, 3.8) is 0 Å². The first-order valence-electron chi connectivity index (χ1n) is 7.57. The van der Waals surface area contributed by atoms with Crippen LogP contribution in [0.1, 0.15) is 40.0 Å². The predicted molar refractivity (Wildman–Crippen MR) is 86.2 cm³/mol. The van der Waals surface area contributed by atoms with Crippen molar-refractivity contribution in [2.45, 2.75) is 45.6 Å². The molecule has 0 unspecified atom stereocenters. The predicted octanol–water partition coefficient (Wildman–Crippen LogP) is 3.65. The monoisotopic (exact) mass is 304 g/mol. The zero-order chi connectivity index (χ0) is 16.6. The number of allylic oxidation sites excluding steroid dienone is 5. The molecule has 0 aromatic rings. The Kier molecular flexibility index (Phi) is 6.83. The number of unbranched alkanes of at least 4 members (excludes halogenated alkanes) is 1. The minimum absolute atomic E-state index is 0.0113. The normalized spacial score (nSPS) is 22.3. The second kappa shape index (κ2) is 8.37. The first kappa shape index (κ1) is 18.0. The fourth-order valence-corrected chi connectivity index (χ4v) is 1.99. The van der Waals surface area contributed by atoms with Gasteiger partial charge in [0.05, 0.1) is 7.11 Å². The minimum atomic E-state index is -1.20. The molecule has 120 valence electrons. The first-order valence-corrected chi connectivity index (χ1v) is 7.57. The lowest BCUT2D eigenvalue weighted by atomic mass is 9.94. The Balaban J connectivity index is 2.98. The SMILES string of the molecule is CC/C=C/C=C/[C@@]1(C)OC(OC)=C(C(=O)/C=C/CCC)C1=O. The zero-order valence-electron chi connectivity index (χ0n) is 13.7. The molecule has 0 aromatic carbocycles. The number of ether oxygens (including phenoxy) is 2. The molecule has 1 aliphatic rings. The number of Topliss-reactive ketones (excluding diaryl/α,β-unsaturated/α-hetero) is 1. The van der Waals surface area contributed by atoms with Crippen LogP contribution < -0.4 is 0 Å². The van der Waals surface area contributed by atoms with Crippen LogP contribution in [0.5, 0.6) is 0 Å². The van der Waals surface area contributed by atoms with Crippen LogP contribution in [0.15, 0.2) is 48.0 Å². The average Bonchev–Trinajstić information content (AvgIpc) is 2.76. The van der Waals surface area contributed by atoms with Crippen LogP contribution in [0, 0.1) is 0 Å². The summed E-state index contributed by atoms with van der Waals surface area (Å²) in [4.78, 5) is 24.7. The van der Waals surface area contributed by atoms with Gasteiger partial charge in [0.1, 0.15) is 5.57 Å². The van der Waals surface area contributed by atoms with Crippen molar-refractivity contribution in [2.24, 2.45) is 0 Å². The molecule has 1 atom stereocenters. The summed E-state index contributed by atoms with van der Waals surface area (Å²) in [6.45, 7) is 5.66. The maximum absolute atomic E-state index is 12.5. The lowest BCUT2D eigenvalue weighted by Crippen LogP contribution is -2.32. The number of ketones is 2. The number of carbonyl (C=O) groups excluding carboxylic acids is 2. The Morgan fingerprint density at radius 1 is 1.27 bits per heavy atom. The van der Waals surface area contributed by atoms with Gasteiger partial charge in [-0.15, -0.1) is 0 Å². The van der Waals surface area contributed by atoms with Crippen LogP contribution in [-0.4, -0.2) is 24.3 Å². The van der Waals surface area contributed by atoms with Gasteiger partial charge in [0.15, 0.2) is 11.4 Å². The van der Waals surface area contributed by atoms with Crippen LogP contribution >= 0.6 is 0 Å². The highest BCUT2D eigenvalue weighted by Crippen LogP contribution is 2.33. The molecule has 1 heterocycles. The number of hydrogen-bond donors (Lipinski definition) is 0. The van der Waals surface area contributed by atoms with E-state index in [1.165, 1.54) is 13.2 Å². The molecule has 0 saturated carbocycles. The molecule has 0 N–H and O–H groups in total. The second-order valence-electron chi connectivity index (χ2n) is 5.16. The molecule has 0 saturated heterocycles. The van der Waals surface area contributed by atoms with Gasteiger partial charge in [0.25, 0.3) is 5.95 Å². The van der Waals surface area contributed by atoms with Crippen LogP contribution in [0.3, 0.4) is 0 Å². The highest BCUT2D eigenvalue weighted by atomic mass is 16.7. The molecule has 0 aromatic heterocycles. The molecule has 0 bridgehead atoms. The number of hydrogen-bond acceptors (Lipinski definition) is 4. The first-order chi connectivity index (χ1) is 10.5. The largest absolute Gasteiger partial charge is 0.468 e. The zero-order valence-corrected chi connectivity index (χ0v) is 13.7. The molecule has 22 heavy (non-hydrogen) atoms. The van der Waals surface area contributed by atoms with Gasteiger partial charge in [-0.1, -0.05) is 44.6 Å². The molecule has 0 amide bonds. The van der Waals surface area contributed by atoms with Gasteiger partial charge in [-0.2, -0.15) is 0 Å². The summed E-state index contributed by atoms with van der Waals surface area (Å²) in [5.74, 6) is -0.768.